The van der Waals surface area contributed by atoms with Crippen molar-refractivity contribution in [1.82, 2.24) is 4.98 Å². The Balaban J connectivity index is 1.57. The van der Waals surface area contributed by atoms with Gasteiger partial charge in [-0.2, -0.15) is 0 Å². The number of pyridine rings is 1. The van der Waals surface area contributed by atoms with Gasteiger partial charge in [0.15, 0.2) is 0 Å². The molecule has 0 aliphatic carbocycles. The number of hydrogen-bond donors (Lipinski definition) is 1. The van der Waals surface area contributed by atoms with Gasteiger partial charge in [0.05, 0.1) is 22.8 Å². The van der Waals surface area contributed by atoms with Crippen LogP contribution in [0.3, 0.4) is 0 Å². The third-order valence-corrected chi connectivity index (χ3v) is 8.07. The molecule has 204 valence electrons. The molecule has 2 heterocycles. The summed E-state index contributed by atoms with van der Waals surface area (Å²) in [7, 11) is 0. The summed E-state index contributed by atoms with van der Waals surface area (Å²) in [5, 5.41) is 10.7. The van der Waals surface area contributed by atoms with Crippen molar-refractivity contribution >= 4 is 11.4 Å². The fourth-order valence-electron chi connectivity index (χ4n) is 5.71. The molecule has 0 radical (unpaired) electrons. The molecule has 3 heteroatoms. The summed E-state index contributed by atoms with van der Waals surface area (Å²) in [4.78, 5) is 10.2. The highest BCUT2D eigenvalue weighted by atomic mass is 16.3. The number of para-hydroxylation sites is 2. The first-order chi connectivity index (χ1) is 19.8. The maximum atomic E-state index is 10.7. The van der Waals surface area contributed by atoms with Gasteiger partial charge in [0, 0.05) is 23.1 Å². The number of aromatic nitrogens is 1. The summed E-state index contributed by atoms with van der Waals surface area (Å²) in [6.07, 6.45) is 0.824. The van der Waals surface area contributed by atoms with Crippen molar-refractivity contribution in [2.75, 3.05) is 0 Å². The third-order valence-electron chi connectivity index (χ3n) is 8.07. The Morgan fingerprint density at radius 2 is 1.37 bits per heavy atom. The van der Waals surface area contributed by atoms with E-state index in [0.717, 1.165) is 57.0 Å². The molecule has 0 saturated heterocycles. The van der Waals surface area contributed by atoms with Crippen LogP contribution in [0.15, 0.2) is 102 Å². The molecular weight excluding hydrogens is 500 g/mol. The number of phenolic OH excluding ortho intramolecular Hbond substituents is 1. The van der Waals surface area contributed by atoms with Gasteiger partial charge in [-0.15, -0.1) is 0 Å². The number of benzene rings is 4. The lowest BCUT2D eigenvalue weighted by Gasteiger charge is -2.19. The van der Waals surface area contributed by atoms with Gasteiger partial charge in [-0.1, -0.05) is 94.4 Å². The smallest absolute Gasteiger partial charge is 0.124 e. The van der Waals surface area contributed by atoms with E-state index in [9.17, 15) is 5.11 Å². The van der Waals surface area contributed by atoms with Crippen molar-refractivity contribution in [3.8, 4) is 39.4 Å². The molecule has 4 aromatic carbocycles. The number of rotatable bonds is 6. The number of fused-ring (bicyclic) bond motifs is 1. The lowest BCUT2D eigenvalue weighted by atomic mass is 9.87. The number of aromatic hydroxyl groups is 1. The summed E-state index contributed by atoms with van der Waals surface area (Å²) in [6, 6.07) is 33.5. The van der Waals surface area contributed by atoms with Crippen LogP contribution in [0.5, 0.6) is 5.75 Å². The topological polar surface area (TPSA) is 45.5 Å². The molecule has 0 atom stereocenters. The summed E-state index contributed by atoms with van der Waals surface area (Å²) in [6.45, 7) is 11.2. The lowest BCUT2D eigenvalue weighted by Crippen LogP contribution is -2.02. The second kappa shape index (κ2) is 10.8. The first kappa shape index (κ1) is 26.7. The van der Waals surface area contributed by atoms with Gasteiger partial charge in [0.2, 0.25) is 0 Å². The Bertz CT molecular complexity index is 1770. The summed E-state index contributed by atoms with van der Waals surface area (Å²) in [5.74, 6) is 1.05. The molecule has 0 unspecified atom stereocenters. The van der Waals surface area contributed by atoms with Gasteiger partial charge >= 0.3 is 0 Å². The maximum absolute atomic E-state index is 10.7. The number of hydrogen-bond acceptors (Lipinski definition) is 3. The predicted octanol–water partition coefficient (Wildman–Crippen LogP) is 10.0. The van der Waals surface area contributed by atoms with Crippen molar-refractivity contribution in [2.24, 2.45) is 4.99 Å². The van der Waals surface area contributed by atoms with Crippen LogP contribution < -0.4 is 0 Å². The van der Waals surface area contributed by atoms with E-state index in [-0.39, 0.29) is 5.75 Å². The minimum absolute atomic E-state index is 0.230. The molecule has 0 amide bonds. The molecule has 0 spiro atoms. The van der Waals surface area contributed by atoms with Crippen LogP contribution in [-0.4, -0.2) is 15.8 Å². The summed E-state index contributed by atoms with van der Waals surface area (Å²) in [5.41, 5.74) is 14.0. The summed E-state index contributed by atoms with van der Waals surface area (Å²) < 4.78 is 0. The maximum Gasteiger partial charge on any atom is 0.124 e. The number of phenols is 1. The summed E-state index contributed by atoms with van der Waals surface area (Å²) >= 11 is 0. The standard InChI is InChI=1S/C38H36N2O/c1-23(2)29-19-30(24(3)4)21-31(20-29)37-25(5)17-35(32-14-7-9-16-36(32)41)40-38(37)28-13-10-12-26(18-28)34-22-27-11-6-8-15-33(27)39-34/h6-21,23-24,41H,22H2,1-5H3. The Kier molecular flexibility index (Phi) is 7.05. The first-order valence-corrected chi connectivity index (χ1v) is 14.5. The minimum atomic E-state index is 0.230. The van der Waals surface area contributed by atoms with Gasteiger partial charge in [0.1, 0.15) is 5.75 Å². The van der Waals surface area contributed by atoms with Crippen molar-refractivity contribution in [3.63, 3.8) is 0 Å². The van der Waals surface area contributed by atoms with Crippen LogP contribution in [0.25, 0.3) is 33.6 Å². The van der Waals surface area contributed by atoms with E-state index >= 15 is 0 Å². The molecule has 3 nitrogen and oxygen atoms in total. The van der Waals surface area contributed by atoms with Crippen LogP contribution in [0.4, 0.5) is 5.69 Å². The Morgan fingerprint density at radius 1 is 0.683 bits per heavy atom. The zero-order valence-electron chi connectivity index (χ0n) is 24.4. The highest BCUT2D eigenvalue weighted by Gasteiger charge is 2.21. The predicted molar refractivity (Wildman–Crippen MR) is 171 cm³/mol. The van der Waals surface area contributed by atoms with Crippen molar-refractivity contribution in [1.29, 1.82) is 0 Å². The average Bonchev–Trinajstić information content (AvgIpc) is 3.41. The number of nitrogens with zero attached hydrogens (tertiary/aromatic N) is 2. The highest BCUT2D eigenvalue weighted by Crippen LogP contribution is 2.40. The van der Waals surface area contributed by atoms with E-state index in [1.807, 2.05) is 24.3 Å². The second-order valence-electron chi connectivity index (χ2n) is 11.7. The van der Waals surface area contributed by atoms with Crippen LogP contribution in [0, 0.1) is 6.92 Å². The van der Waals surface area contributed by atoms with Gasteiger partial charge in [0.25, 0.3) is 0 Å². The number of aliphatic imine (C=N–C) groups is 1. The van der Waals surface area contributed by atoms with Gasteiger partial charge < -0.3 is 5.11 Å². The molecular formula is C38H36N2O. The normalized spacial score (nSPS) is 12.6. The zero-order chi connectivity index (χ0) is 28.7. The zero-order valence-corrected chi connectivity index (χ0v) is 24.4. The van der Waals surface area contributed by atoms with Crippen LogP contribution in [0.2, 0.25) is 0 Å². The van der Waals surface area contributed by atoms with E-state index in [2.05, 4.69) is 101 Å². The van der Waals surface area contributed by atoms with E-state index < -0.39 is 0 Å². The van der Waals surface area contributed by atoms with Crippen LogP contribution >= 0.6 is 0 Å². The van der Waals surface area contributed by atoms with Crippen LogP contribution in [-0.2, 0) is 6.42 Å². The Morgan fingerprint density at radius 3 is 2.07 bits per heavy atom. The average molecular weight is 537 g/mol. The molecule has 1 N–H and O–H groups in total. The molecule has 0 saturated carbocycles. The molecule has 5 aromatic rings. The molecule has 1 aliphatic rings. The van der Waals surface area contributed by atoms with Crippen molar-refractivity contribution in [3.05, 3.63) is 125 Å². The monoisotopic (exact) mass is 536 g/mol. The molecule has 41 heavy (non-hydrogen) atoms. The first-order valence-electron chi connectivity index (χ1n) is 14.5. The van der Waals surface area contributed by atoms with Gasteiger partial charge in [-0.25, -0.2) is 4.98 Å². The van der Waals surface area contributed by atoms with Gasteiger partial charge in [-0.05, 0) is 82.5 Å². The minimum Gasteiger partial charge on any atom is -0.507 e. The fourth-order valence-corrected chi connectivity index (χ4v) is 5.71. The van der Waals surface area contributed by atoms with E-state index in [4.69, 9.17) is 9.98 Å². The van der Waals surface area contributed by atoms with Crippen LogP contribution in [0.1, 0.15) is 67.3 Å². The second-order valence-corrected chi connectivity index (χ2v) is 11.7. The van der Waals surface area contributed by atoms with Crippen molar-refractivity contribution < 1.29 is 5.11 Å². The molecule has 1 aliphatic heterocycles. The van der Waals surface area contributed by atoms with Gasteiger partial charge in [-0.3, -0.25) is 4.99 Å². The largest absolute Gasteiger partial charge is 0.507 e. The number of aryl methyl sites for hydroxylation is 1. The SMILES string of the molecule is Cc1cc(-c2ccccc2O)nc(-c2cccc(C3=Nc4ccccc4C3)c2)c1-c1cc(C(C)C)cc(C(C)C)c1. The van der Waals surface area contributed by atoms with E-state index in [1.54, 1.807) is 6.07 Å². The Labute approximate surface area is 243 Å². The Hall–Kier alpha value is -4.50. The molecule has 1 aromatic heterocycles. The highest BCUT2D eigenvalue weighted by molar-refractivity contribution is 6.07. The van der Waals surface area contributed by atoms with E-state index in [0.29, 0.717) is 11.8 Å². The quantitative estimate of drug-likeness (QED) is 0.235. The molecule has 0 fully saturated rings. The molecule has 0 bridgehead atoms. The van der Waals surface area contributed by atoms with E-state index in [1.165, 1.54) is 22.3 Å². The van der Waals surface area contributed by atoms with Crippen molar-refractivity contribution in [2.45, 2.75) is 52.9 Å². The third kappa shape index (κ3) is 5.20. The lowest BCUT2D eigenvalue weighted by molar-refractivity contribution is 0.477. The molecule has 6 rings (SSSR count). The fraction of sp³-hybridized carbons (Fsp3) is 0.211.